The fourth-order valence-electron chi connectivity index (χ4n) is 1.56. The van der Waals surface area contributed by atoms with E-state index in [1.165, 1.54) is 25.3 Å². The molecule has 1 aromatic heterocycles. The van der Waals surface area contributed by atoms with Gasteiger partial charge in [0.25, 0.3) is 5.91 Å². The van der Waals surface area contributed by atoms with Crippen molar-refractivity contribution < 1.29 is 19.5 Å². The molecule has 0 aliphatic carbocycles. The largest absolute Gasteiger partial charge is 0.480 e. The van der Waals surface area contributed by atoms with Crippen molar-refractivity contribution in [1.29, 1.82) is 0 Å². The summed E-state index contributed by atoms with van der Waals surface area (Å²) < 4.78 is 0. The Labute approximate surface area is 116 Å². The van der Waals surface area contributed by atoms with Gasteiger partial charge in [0.1, 0.15) is 11.9 Å². The van der Waals surface area contributed by atoms with E-state index >= 15 is 0 Å². The average Bonchev–Trinajstić information content (AvgIpc) is 2.34. The van der Waals surface area contributed by atoms with Crippen molar-refractivity contribution >= 4 is 23.6 Å². The second kappa shape index (κ2) is 6.65. The molecule has 1 aromatic rings. The van der Waals surface area contributed by atoms with Crippen LogP contribution in [0.5, 0.6) is 0 Å². The van der Waals surface area contributed by atoms with Crippen LogP contribution in [-0.2, 0) is 9.59 Å². The van der Waals surface area contributed by atoms with Crippen molar-refractivity contribution in [1.82, 2.24) is 10.3 Å². The summed E-state index contributed by atoms with van der Waals surface area (Å²) in [5.74, 6) is -1.93. The highest BCUT2D eigenvalue weighted by molar-refractivity contribution is 5.98. The third kappa shape index (κ3) is 4.34. The minimum absolute atomic E-state index is 0.232. The highest BCUT2D eigenvalue weighted by Gasteiger charge is 2.24. The SMILES string of the molecule is CC(=O)Nc1cc(C(=O)NC(C(=O)O)C(C)C)ccn1. The molecule has 20 heavy (non-hydrogen) atoms. The standard InChI is InChI=1S/C13H17N3O4/c1-7(2)11(13(19)20)16-12(18)9-4-5-14-10(6-9)15-8(3)17/h4-7,11H,1-3H3,(H,16,18)(H,19,20)(H,14,15,17). The Morgan fingerprint density at radius 2 is 1.95 bits per heavy atom. The lowest BCUT2D eigenvalue weighted by Gasteiger charge is -2.17. The Morgan fingerprint density at radius 3 is 2.45 bits per heavy atom. The van der Waals surface area contributed by atoms with E-state index in [-0.39, 0.29) is 23.2 Å². The normalized spacial score (nSPS) is 11.8. The second-order valence-electron chi connectivity index (χ2n) is 4.64. The predicted molar refractivity (Wildman–Crippen MR) is 72.3 cm³/mol. The van der Waals surface area contributed by atoms with Gasteiger partial charge in [0.2, 0.25) is 5.91 Å². The van der Waals surface area contributed by atoms with Crippen molar-refractivity contribution in [2.45, 2.75) is 26.8 Å². The lowest BCUT2D eigenvalue weighted by atomic mass is 10.0. The molecule has 1 rings (SSSR count). The fraction of sp³-hybridized carbons (Fsp3) is 0.385. The lowest BCUT2D eigenvalue weighted by molar-refractivity contribution is -0.140. The van der Waals surface area contributed by atoms with Gasteiger partial charge in [-0.2, -0.15) is 0 Å². The molecule has 108 valence electrons. The zero-order valence-electron chi connectivity index (χ0n) is 11.5. The summed E-state index contributed by atoms with van der Waals surface area (Å²) in [7, 11) is 0. The number of nitrogens with zero attached hydrogens (tertiary/aromatic N) is 1. The third-order valence-electron chi connectivity index (χ3n) is 2.55. The Bertz CT molecular complexity index is 528. The molecule has 0 saturated heterocycles. The minimum Gasteiger partial charge on any atom is -0.480 e. The highest BCUT2D eigenvalue weighted by atomic mass is 16.4. The van der Waals surface area contributed by atoms with Crippen LogP contribution in [0.3, 0.4) is 0 Å². The van der Waals surface area contributed by atoms with Gasteiger partial charge < -0.3 is 15.7 Å². The van der Waals surface area contributed by atoms with Gasteiger partial charge >= 0.3 is 5.97 Å². The number of carboxylic acid groups (broad SMARTS) is 1. The zero-order chi connectivity index (χ0) is 15.3. The molecule has 0 bridgehead atoms. The summed E-state index contributed by atoms with van der Waals surface area (Å²) in [5, 5.41) is 13.9. The first-order valence-electron chi connectivity index (χ1n) is 6.08. The van der Waals surface area contributed by atoms with Gasteiger partial charge in [-0.25, -0.2) is 9.78 Å². The first kappa shape index (κ1) is 15.6. The summed E-state index contributed by atoms with van der Waals surface area (Å²) in [6.45, 7) is 4.73. The molecule has 3 N–H and O–H groups in total. The van der Waals surface area contributed by atoms with Gasteiger partial charge in [0, 0.05) is 18.7 Å². The van der Waals surface area contributed by atoms with Crippen LogP contribution >= 0.6 is 0 Å². The van der Waals surface area contributed by atoms with Crippen LogP contribution in [0, 0.1) is 5.92 Å². The quantitative estimate of drug-likeness (QED) is 0.741. The molecule has 7 heteroatoms. The number of amides is 2. The van der Waals surface area contributed by atoms with E-state index in [2.05, 4.69) is 15.6 Å². The number of hydrogen-bond donors (Lipinski definition) is 3. The van der Waals surface area contributed by atoms with Crippen LogP contribution in [0.15, 0.2) is 18.3 Å². The summed E-state index contributed by atoms with van der Waals surface area (Å²) in [5.41, 5.74) is 0.232. The van der Waals surface area contributed by atoms with Crippen LogP contribution < -0.4 is 10.6 Å². The number of aromatic nitrogens is 1. The topological polar surface area (TPSA) is 108 Å². The number of hydrogen-bond acceptors (Lipinski definition) is 4. The van der Waals surface area contributed by atoms with Gasteiger partial charge in [-0.05, 0) is 18.1 Å². The van der Waals surface area contributed by atoms with Crippen LogP contribution in [0.1, 0.15) is 31.1 Å². The molecule has 0 aliphatic heterocycles. The van der Waals surface area contributed by atoms with Gasteiger partial charge in [-0.1, -0.05) is 13.8 Å². The van der Waals surface area contributed by atoms with E-state index < -0.39 is 17.9 Å². The molecule has 1 unspecified atom stereocenters. The number of anilines is 1. The van der Waals surface area contributed by atoms with E-state index in [1.807, 2.05) is 0 Å². The van der Waals surface area contributed by atoms with E-state index in [0.29, 0.717) is 0 Å². The molecule has 0 radical (unpaired) electrons. The number of pyridine rings is 1. The molecule has 0 spiro atoms. The third-order valence-corrected chi connectivity index (χ3v) is 2.55. The van der Waals surface area contributed by atoms with Gasteiger partial charge in [0.15, 0.2) is 0 Å². The predicted octanol–water partition coefficient (Wildman–Crippen LogP) is 0.879. The van der Waals surface area contributed by atoms with Crippen molar-refractivity contribution in [2.75, 3.05) is 5.32 Å². The maximum Gasteiger partial charge on any atom is 0.326 e. The molecule has 7 nitrogen and oxygen atoms in total. The lowest BCUT2D eigenvalue weighted by Crippen LogP contribution is -2.44. The average molecular weight is 279 g/mol. The van der Waals surface area contributed by atoms with Crippen molar-refractivity contribution in [3.63, 3.8) is 0 Å². The molecule has 1 heterocycles. The molecular formula is C13H17N3O4. The Kier molecular flexibility index (Phi) is 5.19. The maximum absolute atomic E-state index is 12.0. The van der Waals surface area contributed by atoms with Gasteiger partial charge in [0.05, 0.1) is 0 Å². The van der Waals surface area contributed by atoms with Crippen LogP contribution in [-0.4, -0.2) is 33.9 Å². The van der Waals surface area contributed by atoms with E-state index in [9.17, 15) is 14.4 Å². The number of nitrogens with one attached hydrogen (secondary N) is 2. The number of carbonyl (C=O) groups excluding carboxylic acids is 2. The van der Waals surface area contributed by atoms with Crippen molar-refractivity contribution in [2.24, 2.45) is 5.92 Å². The van der Waals surface area contributed by atoms with Crippen LogP contribution in [0.2, 0.25) is 0 Å². The summed E-state index contributed by atoms with van der Waals surface area (Å²) >= 11 is 0. The van der Waals surface area contributed by atoms with Crippen molar-refractivity contribution in [3.05, 3.63) is 23.9 Å². The molecule has 0 saturated carbocycles. The Hall–Kier alpha value is -2.44. The van der Waals surface area contributed by atoms with Crippen LogP contribution in [0.4, 0.5) is 5.82 Å². The molecular weight excluding hydrogens is 262 g/mol. The van der Waals surface area contributed by atoms with Gasteiger partial charge in [-0.15, -0.1) is 0 Å². The van der Waals surface area contributed by atoms with E-state index in [1.54, 1.807) is 13.8 Å². The van der Waals surface area contributed by atoms with Crippen LogP contribution in [0.25, 0.3) is 0 Å². The monoisotopic (exact) mass is 279 g/mol. The molecule has 1 atom stereocenters. The summed E-state index contributed by atoms with van der Waals surface area (Å²) in [6.07, 6.45) is 1.37. The minimum atomic E-state index is -1.09. The first-order valence-corrected chi connectivity index (χ1v) is 6.08. The van der Waals surface area contributed by atoms with Gasteiger partial charge in [-0.3, -0.25) is 9.59 Å². The Balaban J connectivity index is 2.86. The van der Waals surface area contributed by atoms with E-state index in [0.717, 1.165) is 0 Å². The number of carboxylic acids is 1. The first-order chi connectivity index (χ1) is 9.31. The zero-order valence-corrected chi connectivity index (χ0v) is 11.5. The number of aliphatic carboxylic acids is 1. The summed E-state index contributed by atoms with van der Waals surface area (Å²) in [6, 6.07) is 1.86. The maximum atomic E-state index is 12.0. The van der Waals surface area contributed by atoms with E-state index in [4.69, 9.17) is 5.11 Å². The highest BCUT2D eigenvalue weighted by Crippen LogP contribution is 2.09. The smallest absolute Gasteiger partial charge is 0.326 e. The fourth-order valence-corrected chi connectivity index (χ4v) is 1.56. The van der Waals surface area contributed by atoms with Crippen molar-refractivity contribution in [3.8, 4) is 0 Å². The summed E-state index contributed by atoms with van der Waals surface area (Å²) in [4.78, 5) is 37.8. The Morgan fingerprint density at radius 1 is 1.30 bits per heavy atom. The number of rotatable bonds is 5. The molecule has 2 amide bonds. The molecule has 0 aliphatic rings. The molecule has 0 fully saturated rings. The number of carbonyl (C=O) groups is 3. The molecule has 0 aromatic carbocycles. The second-order valence-corrected chi connectivity index (χ2v) is 4.64.